The highest BCUT2D eigenvalue weighted by molar-refractivity contribution is 5.55. The lowest BCUT2D eigenvalue weighted by Crippen LogP contribution is -2.42. The molecule has 1 aliphatic carbocycles. The van der Waals surface area contributed by atoms with Crippen LogP contribution in [-0.2, 0) is 6.42 Å². The first-order chi connectivity index (χ1) is 9.35. The van der Waals surface area contributed by atoms with E-state index < -0.39 is 5.60 Å². The maximum Gasteiger partial charge on any atom is 0.134 e. The van der Waals surface area contributed by atoms with Crippen LogP contribution in [0.25, 0.3) is 0 Å². The Morgan fingerprint density at radius 1 is 1.25 bits per heavy atom. The number of rotatable bonds is 4. The van der Waals surface area contributed by atoms with E-state index in [1.165, 1.54) is 6.33 Å². The number of nitrogen functional groups attached to an aromatic ring is 1. The van der Waals surface area contributed by atoms with E-state index in [1.54, 1.807) is 0 Å². The van der Waals surface area contributed by atoms with Crippen LogP contribution in [0.5, 0.6) is 0 Å². The predicted molar refractivity (Wildman–Crippen MR) is 81.5 cm³/mol. The van der Waals surface area contributed by atoms with E-state index in [2.05, 4.69) is 29.1 Å². The Morgan fingerprint density at radius 2 is 1.90 bits per heavy atom. The topological polar surface area (TPSA) is 84.1 Å². The van der Waals surface area contributed by atoms with Crippen LogP contribution in [-0.4, -0.2) is 27.2 Å². The van der Waals surface area contributed by atoms with Gasteiger partial charge in [-0.2, -0.15) is 0 Å². The van der Waals surface area contributed by atoms with Crippen molar-refractivity contribution < 1.29 is 5.11 Å². The van der Waals surface area contributed by atoms with Gasteiger partial charge in [-0.05, 0) is 37.5 Å². The van der Waals surface area contributed by atoms with E-state index in [0.29, 0.717) is 17.8 Å². The number of hydrogen-bond acceptors (Lipinski definition) is 5. The Labute approximate surface area is 121 Å². The second kappa shape index (κ2) is 5.56. The Kier molecular flexibility index (Phi) is 4.18. The molecule has 20 heavy (non-hydrogen) atoms. The van der Waals surface area contributed by atoms with Gasteiger partial charge in [-0.3, -0.25) is 0 Å². The quantitative estimate of drug-likeness (QED) is 0.787. The van der Waals surface area contributed by atoms with Crippen molar-refractivity contribution in [3.8, 4) is 0 Å². The molecule has 0 aliphatic heterocycles. The van der Waals surface area contributed by atoms with Gasteiger partial charge in [-0.25, -0.2) is 9.97 Å². The molecular weight excluding hydrogens is 252 g/mol. The van der Waals surface area contributed by atoms with Crippen molar-refractivity contribution in [3.63, 3.8) is 0 Å². The Balaban J connectivity index is 2.01. The minimum atomic E-state index is -0.639. The molecule has 0 amide bonds. The minimum Gasteiger partial charge on any atom is -0.388 e. The molecule has 0 radical (unpaired) electrons. The maximum atomic E-state index is 10.7. The maximum absolute atomic E-state index is 10.7. The number of aromatic nitrogens is 2. The van der Waals surface area contributed by atoms with E-state index in [4.69, 9.17) is 5.73 Å². The summed E-state index contributed by atoms with van der Waals surface area (Å²) in [7, 11) is 0. The van der Waals surface area contributed by atoms with Gasteiger partial charge in [-0.15, -0.1) is 0 Å². The molecule has 1 fully saturated rings. The number of anilines is 2. The molecule has 1 heterocycles. The fraction of sp³-hybridized carbons (Fsp3) is 0.733. The number of hydrogen-bond donors (Lipinski definition) is 3. The van der Waals surface area contributed by atoms with E-state index in [-0.39, 0.29) is 0 Å². The summed E-state index contributed by atoms with van der Waals surface area (Å²) >= 11 is 0. The van der Waals surface area contributed by atoms with Crippen molar-refractivity contribution in [1.82, 2.24) is 9.97 Å². The van der Waals surface area contributed by atoms with Crippen LogP contribution in [0.2, 0.25) is 0 Å². The predicted octanol–water partition coefficient (Wildman–Crippen LogP) is 2.36. The van der Waals surface area contributed by atoms with E-state index >= 15 is 0 Å². The number of nitrogens with one attached hydrogen (secondary N) is 1. The summed E-state index contributed by atoms with van der Waals surface area (Å²) < 4.78 is 0. The van der Waals surface area contributed by atoms with Crippen LogP contribution < -0.4 is 11.1 Å². The lowest BCUT2D eigenvalue weighted by molar-refractivity contribution is -0.0146. The molecule has 112 valence electrons. The van der Waals surface area contributed by atoms with Crippen LogP contribution in [0.3, 0.4) is 0 Å². The molecule has 0 atom stereocenters. The molecule has 0 bridgehead atoms. The molecule has 0 saturated heterocycles. The average Bonchev–Trinajstić information content (AvgIpc) is 2.41. The van der Waals surface area contributed by atoms with Gasteiger partial charge >= 0.3 is 0 Å². The third kappa shape index (κ3) is 3.39. The van der Waals surface area contributed by atoms with Crippen LogP contribution in [0.15, 0.2) is 6.33 Å². The van der Waals surface area contributed by atoms with E-state index in [1.807, 2.05) is 6.92 Å². The van der Waals surface area contributed by atoms with Gasteiger partial charge < -0.3 is 16.2 Å². The van der Waals surface area contributed by atoms with Crippen molar-refractivity contribution in [1.29, 1.82) is 0 Å². The van der Waals surface area contributed by atoms with Crippen molar-refractivity contribution in [2.24, 2.45) is 5.41 Å². The third-order valence-corrected chi connectivity index (χ3v) is 4.45. The summed E-state index contributed by atoms with van der Waals surface area (Å²) in [5, 5.41) is 13.9. The zero-order valence-electron chi connectivity index (χ0n) is 12.7. The van der Waals surface area contributed by atoms with Gasteiger partial charge in [0.05, 0.1) is 5.60 Å². The molecule has 0 unspecified atom stereocenters. The highest BCUT2D eigenvalue weighted by Gasteiger charge is 2.36. The van der Waals surface area contributed by atoms with Gasteiger partial charge in [0.15, 0.2) is 0 Å². The van der Waals surface area contributed by atoms with Gasteiger partial charge in [0.25, 0.3) is 0 Å². The van der Waals surface area contributed by atoms with Crippen LogP contribution >= 0.6 is 0 Å². The minimum absolute atomic E-state index is 0.347. The standard InChI is InChI=1S/C15H26N4O/c1-4-11-12(16)18-10-19-13(11)17-9-15(20)7-5-14(2,3)6-8-15/h10,20H,4-9H2,1-3H3,(H3,16,17,18,19). The van der Waals surface area contributed by atoms with Gasteiger partial charge in [0.2, 0.25) is 0 Å². The number of nitrogens with two attached hydrogens (primary N) is 1. The normalized spacial score (nSPS) is 20.6. The number of nitrogens with zero attached hydrogens (tertiary/aromatic N) is 2. The van der Waals surface area contributed by atoms with Crippen LogP contribution in [0, 0.1) is 5.41 Å². The zero-order chi connectivity index (χ0) is 14.8. The molecule has 0 spiro atoms. The Hall–Kier alpha value is -1.36. The summed E-state index contributed by atoms with van der Waals surface area (Å²) in [5.41, 5.74) is 6.49. The lowest BCUT2D eigenvalue weighted by atomic mass is 9.71. The molecule has 1 aromatic heterocycles. The summed E-state index contributed by atoms with van der Waals surface area (Å²) in [6, 6.07) is 0. The highest BCUT2D eigenvalue weighted by atomic mass is 16.3. The van der Waals surface area contributed by atoms with Gasteiger partial charge in [0.1, 0.15) is 18.0 Å². The zero-order valence-corrected chi connectivity index (χ0v) is 12.7. The van der Waals surface area contributed by atoms with Gasteiger partial charge in [0, 0.05) is 12.1 Å². The van der Waals surface area contributed by atoms with E-state index in [0.717, 1.165) is 43.5 Å². The van der Waals surface area contributed by atoms with Crippen molar-refractivity contribution >= 4 is 11.6 Å². The molecule has 5 nitrogen and oxygen atoms in total. The fourth-order valence-electron chi connectivity index (χ4n) is 2.74. The van der Waals surface area contributed by atoms with E-state index in [9.17, 15) is 5.11 Å². The van der Waals surface area contributed by atoms with Crippen LogP contribution in [0.1, 0.15) is 52.0 Å². The molecular formula is C15H26N4O. The summed E-state index contributed by atoms with van der Waals surface area (Å²) in [6.07, 6.45) is 6.00. The highest BCUT2D eigenvalue weighted by Crippen LogP contribution is 2.40. The Bertz CT molecular complexity index is 463. The van der Waals surface area contributed by atoms with Crippen molar-refractivity contribution in [2.75, 3.05) is 17.6 Å². The van der Waals surface area contributed by atoms with Gasteiger partial charge in [-0.1, -0.05) is 20.8 Å². The first-order valence-electron chi connectivity index (χ1n) is 7.41. The molecule has 2 rings (SSSR count). The second-order valence-electron chi connectivity index (χ2n) is 6.68. The first kappa shape index (κ1) is 15.0. The molecule has 1 aromatic rings. The number of aliphatic hydroxyl groups is 1. The molecule has 4 N–H and O–H groups in total. The summed E-state index contributed by atoms with van der Waals surface area (Å²) in [4.78, 5) is 8.25. The third-order valence-electron chi connectivity index (χ3n) is 4.45. The fourth-order valence-corrected chi connectivity index (χ4v) is 2.74. The molecule has 1 saturated carbocycles. The van der Waals surface area contributed by atoms with Crippen molar-refractivity contribution in [3.05, 3.63) is 11.9 Å². The first-order valence-corrected chi connectivity index (χ1v) is 7.41. The smallest absolute Gasteiger partial charge is 0.134 e. The molecule has 1 aliphatic rings. The summed E-state index contributed by atoms with van der Waals surface area (Å²) in [5.74, 6) is 1.26. The summed E-state index contributed by atoms with van der Waals surface area (Å²) in [6.45, 7) is 7.07. The van der Waals surface area contributed by atoms with Crippen LogP contribution in [0.4, 0.5) is 11.6 Å². The monoisotopic (exact) mass is 278 g/mol. The second-order valence-corrected chi connectivity index (χ2v) is 6.68. The SMILES string of the molecule is CCc1c(N)ncnc1NCC1(O)CCC(C)(C)CC1. The molecule has 5 heteroatoms. The lowest BCUT2D eigenvalue weighted by Gasteiger charge is -2.40. The van der Waals surface area contributed by atoms with Crippen molar-refractivity contribution in [2.45, 2.75) is 58.5 Å². The Morgan fingerprint density at radius 3 is 2.50 bits per heavy atom. The average molecular weight is 278 g/mol. The molecule has 0 aromatic carbocycles. The largest absolute Gasteiger partial charge is 0.388 e.